The van der Waals surface area contributed by atoms with Crippen LogP contribution in [0.2, 0.25) is 0 Å². The Hall–Kier alpha value is -3.75. The standard InChI is InChI=1S/C22H22FN5O3/c1-15-24-9-12-27(15)21-7-5-16(13-19(21)23)25-22(29)18-14-17(28(30)31)6-8-20(18)26-10-3-2-4-11-26/h5-9,12-14H,2-4,10-11H2,1H3,(H,25,29). The molecule has 0 radical (unpaired) electrons. The Morgan fingerprint density at radius 3 is 2.52 bits per heavy atom. The zero-order valence-corrected chi connectivity index (χ0v) is 17.0. The van der Waals surface area contributed by atoms with Gasteiger partial charge in [-0.1, -0.05) is 0 Å². The molecule has 0 spiro atoms. The van der Waals surface area contributed by atoms with Gasteiger partial charge in [-0.2, -0.15) is 0 Å². The Kier molecular flexibility index (Phi) is 5.66. The van der Waals surface area contributed by atoms with Crippen molar-refractivity contribution in [3.05, 3.63) is 76.1 Å². The number of carbonyl (C=O) groups excluding carboxylic acids is 1. The van der Waals surface area contributed by atoms with Gasteiger partial charge in [0, 0.05) is 43.3 Å². The Bertz CT molecular complexity index is 1140. The number of nitrogens with zero attached hydrogens (tertiary/aromatic N) is 4. The molecule has 1 amide bonds. The normalized spacial score (nSPS) is 13.8. The molecule has 1 aromatic heterocycles. The average Bonchev–Trinajstić information content (AvgIpc) is 3.19. The van der Waals surface area contributed by atoms with E-state index in [1.54, 1.807) is 42.1 Å². The summed E-state index contributed by atoms with van der Waals surface area (Å²) < 4.78 is 16.3. The number of aromatic nitrogens is 2. The molecule has 2 aromatic carbocycles. The summed E-state index contributed by atoms with van der Waals surface area (Å²) in [5.74, 6) is -0.400. The third-order valence-corrected chi connectivity index (χ3v) is 5.42. The predicted octanol–water partition coefficient (Wildman–Crippen LogP) is 4.47. The van der Waals surface area contributed by atoms with Crippen molar-refractivity contribution in [2.75, 3.05) is 23.3 Å². The number of amides is 1. The first-order valence-electron chi connectivity index (χ1n) is 10.1. The molecular weight excluding hydrogens is 401 g/mol. The van der Waals surface area contributed by atoms with E-state index in [4.69, 9.17) is 0 Å². The maximum atomic E-state index is 14.7. The van der Waals surface area contributed by atoms with Gasteiger partial charge in [-0.05, 0) is 50.5 Å². The van der Waals surface area contributed by atoms with E-state index >= 15 is 0 Å². The Balaban J connectivity index is 1.63. The van der Waals surface area contributed by atoms with Crippen molar-refractivity contribution >= 4 is 23.0 Å². The molecule has 31 heavy (non-hydrogen) atoms. The van der Waals surface area contributed by atoms with Gasteiger partial charge in [0.05, 0.1) is 21.9 Å². The minimum atomic E-state index is -0.529. The molecule has 9 heteroatoms. The first-order valence-corrected chi connectivity index (χ1v) is 10.1. The number of rotatable bonds is 5. The third kappa shape index (κ3) is 4.25. The smallest absolute Gasteiger partial charge is 0.270 e. The number of imidazole rings is 1. The Morgan fingerprint density at radius 1 is 1.13 bits per heavy atom. The van der Waals surface area contributed by atoms with Crippen LogP contribution in [0.3, 0.4) is 0 Å². The summed E-state index contributed by atoms with van der Waals surface area (Å²) in [7, 11) is 0. The highest BCUT2D eigenvalue weighted by Gasteiger charge is 2.22. The van der Waals surface area contributed by atoms with Crippen molar-refractivity contribution in [3.63, 3.8) is 0 Å². The van der Waals surface area contributed by atoms with Gasteiger partial charge in [0.15, 0.2) is 0 Å². The van der Waals surface area contributed by atoms with Gasteiger partial charge in [-0.3, -0.25) is 14.9 Å². The Morgan fingerprint density at radius 2 is 1.87 bits per heavy atom. The predicted molar refractivity (Wildman–Crippen MR) is 115 cm³/mol. The number of piperidine rings is 1. The van der Waals surface area contributed by atoms with Gasteiger partial charge in [-0.25, -0.2) is 9.37 Å². The zero-order valence-electron chi connectivity index (χ0n) is 17.0. The number of nitro groups is 1. The fraction of sp³-hybridized carbons (Fsp3) is 0.273. The summed E-state index contributed by atoms with van der Waals surface area (Å²) in [5, 5.41) is 13.9. The summed E-state index contributed by atoms with van der Waals surface area (Å²) in [4.78, 5) is 29.9. The SMILES string of the molecule is Cc1nccn1-c1ccc(NC(=O)c2cc([N+](=O)[O-])ccc2N2CCCCC2)cc1F. The molecule has 2 heterocycles. The molecule has 160 valence electrons. The fourth-order valence-corrected chi connectivity index (χ4v) is 3.84. The van der Waals surface area contributed by atoms with Crippen molar-refractivity contribution < 1.29 is 14.1 Å². The molecule has 1 aliphatic heterocycles. The van der Waals surface area contributed by atoms with Crippen LogP contribution in [0.5, 0.6) is 0 Å². The molecule has 0 atom stereocenters. The molecule has 1 fully saturated rings. The number of carbonyl (C=O) groups is 1. The lowest BCUT2D eigenvalue weighted by Gasteiger charge is -2.30. The highest BCUT2D eigenvalue weighted by Crippen LogP contribution is 2.29. The summed E-state index contributed by atoms with van der Waals surface area (Å²) in [6.07, 6.45) is 6.35. The first-order chi connectivity index (χ1) is 14.9. The Labute approximate surface area is 178 Å². The first kappa shape index (κ1) is 20.5. The highest BCUT2D eigenvalue weighted by molar-refractivity contribution is 6.08. The van der Waals surface area contributed by atoms with E-state index in [0.29, 0.717) is 17.2 Å². The maximum absolute atomic E-state index is 14.7. The van der Waals surface area contributed by atoms with Crippen molar-refractivity contribution in [2.45, 2.75) is 26.2 Å². The maximum Gasteiger partial charge on any atom is 0.270 e. The van der Waals surface area contributed by atoms with Crippen LogP contribution in [-0.4, -0.2) is 33.5 Å². The second-order valence-corrected chi connectivity index (χ2v) is 7.47. The second-order valence-electron chi connectivity index (χ2n) is 7.47. The van der Waals surface area contributed by atoms with Crippen molar-refractivity contribution in [1.82, 2.24) is 9.55 Å². The molecule has 1 N–H and O–H groups in total. The summed E-state index contributed by atoms with van der Waals surface area (Å²) in [5.41, 5.74) is 1.26. The molecule has 4 rings (SSSR count). The topological polar surface area (TPSA) is 93.3 Å². The number of hydrogen-bond donors (Lipinski definition) is 1. The lowest BCUT2D eigenvalue weighted by molar-refractivity contribution is -0.384. The number of nitrogens with one attached hydrogen (secondary N) is 1. The lowest BCUT2D eigenvalue weighted by Crippen LogP contribution is -2.31. The summed E-state index contributed by atoms with van der Waals surface area (Å²) in [6.45, 7) is 3.33. The van der Waals surface area contributed by atoms with E-state index in [9.17, 15) is 19.3 Å². The van der Waals surface area contributed by atoms with Crippen LogP contribution in [-0.2, 0) is 0 Å². The number of non-ortho nitro benzene ring substituents is 1. The molecule has 0 saturated carbocycles. The largest absolute Gasteiger partial charge is 0.371 e. The molecule has 0 unspecified atom stereocenters. The van der Waals surface area contributed by atoms with Gasteiger partial charge < -0.3 is 14.8 Å². The van der Waals surface area contributed by atoms with Gasteiger partial charge in [-0.15, -0.1) is 0 Å². The van der Waals surface area contributed by atoms with Crippen LogP contribution >= 0.6 is 0 Å². The van der Waals surface area contributed by atoms with Crippen molar-refractivity contribution in [2.24, 2.45) is 0 Å². The molecule has 3 aromatic rings. The van der Waals surface area contributed by atoms with Gasteiger partial charge in [0.1, 0.15) is 11.6 Å². The van der Waals surface area contributed by atoms with Gasteiger partial charge in [0.25, 0.3) is 11.6 Å². The van der Waals surface area contributed by atoms with Crippen LogP contribution in [0.4, 0.5) is 21.5 Å². The van der Waals surface area contributed by atoms with E-state index in [0.717, 1.165) is 32.4 Å². The zero-order chi connectivity index (χ0) is 22.0. The van der Waals surface area contributed by atoms with Gasteiger partial charge in [0.2, 0.25) is 0 Å². The minimum Gasteiger partial charge on any atom is -0.371 e. The summed E-state index contributed by atoms with van der Waals surface area (Å²) >= 11 is 0. The molecule has 1 saturated heterocycles. The van der Waals surface area contributed by atoms with E-state index in [2.05, 4.69) is 15.2 Å². The van der Waals surface area contributed by atoms with Crippen LogP contribution in [0.1, 0.15) is 35.4 Å². The van der Waals surface area contributed by atoms with Crippen molar-refractivity contribution in [1.29, 1.82) is 0 Å². The number of halogens is 1. The molecular formula is C22H22FN5O3. The number of aryl methyl sites for hydroxylation is 1. The molecule has 0 bridgehead atoms. The van der Waals surface area contributed by atoms with Crippen molar-refractivity contribution in [3.8, 4) is 5.69 Å². The minimum absolute atomic E-state index is 0.164. The quantitative estimate of drug-likeness (QED) is 0.483. The van der Waals surface area contributed by atoms with Crippen LogP contribution in [0.25, 0.3) is 5.69 Å². The third-order valence-electron chi connectivity index (χ3n) is 5.42. The van der Waals surface area contributed by atoms with Gasteiger partial charge >= 0.3 is 0 Å². The number of benzene rings is 2. The molecule has 1 aliphatic rings. The van der Waals surface area contributed by atoms with Crippen LogP contribution in [0.15, 0.2) is 48.8 Å². The highest BCUT2D eigenvalue weighted by atomic mass is 19.1. The van der Waals surface area contributed by atoms with E-state index in [-0.39, 0.29) is 16.9 Å². The molecule has 0 aliphatic carbocycles. The average molecular weight is 423 g/mol. The van der Waals surface area contributed by atoms with Crippen LogP contribution in [0, 0.1) is 22.9 Å². The number of hydrogen-bond acceptors (Lipinski definition) is 5. The summed E-state index contributed by atoms with van der Waals surface area (Å²) in [6, 6.07) is 8.67. The lowest BCUT2D eigenvalue weighted by atomic mass is 10.1. The van der Waals surface area contributed by atoms with E-state index in [1.165, 1.54) is 18.2 Å². The van der Waals surface area contributed by atoms with E-state index in [1.807, 2.05) is 0 Å². The van der Waals surface area contributed by atoms with E-state index < -0.39 is 16.6 Å². The number of anilines is 2. The monoisotopic (exact) mass is 423 g/mol. The van der Waals surface area contributed by atoms with Crippen LogP contribution < -0.4 is 10.2 Å². The number of nitro benzene ring substituents is 1. The molecule has 8 nitrogen and oxygen atoms in total. The second kappa shape index (κ2) is 8.55. The fourth-order valence-electron chi connectivity index (χ4n) is 3.84.